The van der Waals surface area contributed by atoms with Crippen molar-refractivity contribution in [3.63, 3.8) is 0 Å². The molecule has 0 fully saturated rings. The molecule has 0 aromatic heterocycles. The van der Waals surface area contributed by atoms with E-state index in [9.17, 15) is 18.0 Å². The maximum Gasteiger partial charge on any atom is 0.401 e. The van der Waals surface area contributed by atoms with Gasteiger partial charge in [0.25, 0.3) is 5.78 Å². The number of rotatable bonds is 2. The van der Waals surface area contributed by atoms with Gasteiger partial charge in [-0.2, -0.15) is 8.42 Å². The highest BCUT2D eigenvalue weighted by Crippen LogP contribution is 2.04. The van der Waals surface area contributed by atoms with Crippen molar-refractivity contribution in [1.29, 1.82) is 0 Å². The molecular weight excluding hydrogens is 194 g/mol. The molecule has 0 heterocycles. The molecule has 0 saturated carbocycles. The van der Waals surface area contributed by atoms with Crippen molar-refractivity contribution in [2.45, 2.75) is 0 Å². The molecule has 0 saturated heterocycles. The summed E-state index contributed by atoms with van der Waals surface area (Å²) in [5.74, 6) is -1.02. The molecule has 0 aliphatic heterocycles. The molecule has 0 aromatic carbocycles. The van der Waals surface area contributed by atoms with E-state index >= 15 is 0 Å². The smallest absolute Gasteiger partial charge is 0.290 e. The minimum atomic E-state index is -3.63. The Labute approximate surface area is 75.2 Å². The molecule has 0 atom stereocenters. The Morgan fingerprint density at radius 3 is 2.38 bits per heavy atom. The normalized spacial score (nSPS) is 17.5. The summed E-state index contributed by atoms with van der Waals surface area (Å²) in [6.07, 6.45) is 3.79. The molecular formula is C7H6NO4S+. The van der Waals surface area contributed by atoms with E-state index in [0.717, 1.165) is 24.5 Å². The molecule has 0 aromatic rings. The Kier molecular flexibility index (Phi) is 2.44. The van der Waals surface area contributed by atoms with Gasteiger partial charge in [-0.1, -0.05) is 0 Å². The van der Waals surface area contributed by atoms with Crippen LogP contribution in [0, 0.1) is 0 Å². The highest BCUT2D eigenvalue weighted by Gasteiger charge is 2.32. The fourth-order valence-corrected chi connectivity index (χ4v) is 1.25. The van der Waals surface area contributed by atoms with Crippen LogP contribution in [-0.4, -0.2) is 26.2 Å². The van der Waals surface area contributed by atoms with Crippen LogP contribution in [0.25, 0.3) is 0 Å². The van der Waals surface area contributed by atoms with Crippen LogP contribution in [-0.2, 0) is 19.6 Å². The quantitative estimate of drug-likeness (QED) is 0.543. The molecule has 68 valence electrons. The molecule has 0 bridgehead atoms. The third kappa shape index (κ3) is 2.92. The van der Waals surface area contributed by atoms with E-state index in [-0.39, 0.29) is 5.70 Å². The third-order valence-corrected chi connectivity index (χ3v) is 1.72. The molecule has 5 nitrogen and oxygen atoms in total. The fraction of sp³-hybridized carbons (Fsp3) is 0.143. The van der Waals surface area contributed by atoms with E-state index in [4.69, 9.17) is 0 Å². The summed E-state index contributed by atoms with van der Waals surface area (Å²) >= 11 is 0. The highest BCUT2D eigenvalue weighted by atomic mass is 32.2. The summed E-state index contributed by atoms with van der Waals surface area (Å²) in [4.78, 5) is 21.7. The number of carbonyl (C=O) groups is 2. The Balaban J connectivity index is 2.93. The zero-order valence-corrected chi connectivity index (χ0v) is 7.54. The van der Waals surface area contributed by atoms with Crippen molar-refractivity contribution in [2.75, 3.05) is 6.26 Å². The van der Waals surface area contributed by atoms with Crippen LogP contribution in [0.3, 0.4) is 0 Å². The van der Waals surface area contributed by atoms with Crippen molar-refractivity contribution >= 4 is 21.6 Å². The van der Waals surface area contributed by atoms with Crippen molar-refractivity contribution in [2.24, 2.45) is 0 Å². The second-order valence-corrected chi connectivity index (χ2v) is 4.10. The molecule has 1 aliphatic carbocycles. The standard InChI is InChI=1S/C7H6NO4S/c1-13(11,12)8-6-4-5(9)2-3-7(6)10/h2-4H,1H3/q+1. The molecule has 13 heavy (non-hydrogen) atoms. The van der Waals surface area contributed by atoms with E-state index in [2.05, 4.69) is 4.72 Å². The van der Waals surface area contributed by atoms with Crippen LogP contribution in [0.15, 0.2) is 23.9 Å². The molecule has 0 amide bonds. The van der Waals surface area contributed by atoms with Gasteiger partial charge in [-0.3, -0.25) is 9.59 Å². The molecule has 6 heteroatoms. The van der Waals surface area contributed by atoms with Crippen LogP contribution < -0.4 is 4.72 Å². The topological polar surface area (TPSA) is 82.4 Å². The van der Waals surface area contributed by atoms with Gasteiger partial charge in [0.1, 0.15) is 6.26 Å². The van der Waals surface area contributed by atoms with Crippen LogP contribution in [0.5, 0.6) is 0 Å². The van der Waals surface area contributed by atoms with Crippen molar-refractivity contribution in [3.8, 4) is 0 Å². The molecule has 0 N–H and O–H groups in total. The zero-order valence-electron chi connectivity index (χ0n) is 6.72. The van der Waals surface area contributed by atoms with Gasteiger partial charge in [0.2, 0.25) is 4.72 Å². The SMILES string of the molecule is CS(=O)(=O)[N+]C1=CC(=O)C=CC1=O. The van der Waals surface area contributed by atoms with E-state index in [1.807, 2.05) is 0 Å². The minimum absolute atomic E-state index is 0.338. The van der Waals surface area contributed by atoms with Gasteiger partial charge < -0.3 is 0 Å². The molecule has 1 aliphatic rings. The van der Waals surface area contributed by atoms with E-state index in [1.165, 1.54) is 0 Å². The van der Waals surface area contributed by atoms with E-state index in [1.54, 1.807) is 0 Å². The predicted octanol–water partition coefficient (Wildman–Crippen LogP) is -0.858. The minimum Gasteiger partial charge on any atom is -0.290 e. The first-order valence-electron chi connectivity index (χ1n) is 3.29. The Bertz CT molecular complexity index is 416. The fourth-order valence-electron chi connectivity index (χ4n) is 0.747. The number of ketones is 2. The Morgan fingerprint density at radius 1 is 1.23 bits per heavy atom. The van der Waals surface area contributed by atoms with Crippen molar-refractivity contribution in [1.82, 2.24) is 4.72 Å². The van der Waals surface area contributed by atoms with Crippen LogP contribution >= 0.6 is 0 Å². The van der Waals surface area contributed by atoms with Gasteiger partial charge in [0.05, 0.1) is 6.08 Å². The summed E-state index contributed by atoms with van der Waals surface area (Å²) in [6.45, 7) is 0. The first-order valence-corrected chi connectivity index (χ1v) is 5.14. The maximum atomic E-state index is 11.0. The van der Waals surface area contributed by atoms with E-state index < -0.39 is 21.6 Å². The van der Waals surface area contributed by atoms with Crippen molar-refractivity contribution in [3.05, 3.63) is 23.9 Å². The summed E-state index contributed by atoms with van der Waals surface area (Å²) < 4.78 is 24.4. The van der Waals surface area contributed by atoms with Crippen LogP contribution in [0.2, 0.25) is 0 Å². The number of hydrogen-bond donors (Lipinski definition) is 0. The number of hydrogen-bond acceptors (Lipinski definition) is 4. The zero-order chi connectivity index (χ0) is 10.1. The average Bonchev–Trinajstić information content (AvgIpc) is 1.94. The first kappa shape index (κ1) is 9.82. The predicted molar refractivity (Wildman–Crippen MR) is 44.2 cm³/mol. The van der Waals surface area contributed by atoms with Crippen molar-refractivity contribution < 1.29 is 18.0 Å². The maximum absolute atomic E-state index is 11.0. The number of carbonyl (C=O) groups excluding carboxylic acids is 2. The largest absolute Gasteiger partial charge is 0.401 e. The lowest BCUT2D eigenvalue weighted by atomic mass is 10.1. The lowest BCUT2D eigenvalue weighted by molar-refractivity contribution is -0.114. The second-order valence-electron chi connectivity index (χ2n) is 2.45. The lowest BCUT2D eigenvalue weighted by Crippen LogP contribution is -2.21. The monoisotopic (exact) mass is 200 g/mol. The Hall–Kier alpha value is -1.27. The molecule has 0 unspecified atom stereocenters. The van der Waals surface area contributed by atoms with Crippen LogP contribution in [0.1, 0.15) is 0 Å². The first-order chi connectivity index (χ1) is 5.88. The molecule has 2 radical (unpaired) electrons. The van der Waals surface area contributed by atoms with Gasteiger partial charge in [-0.05, 0) is 12.2 Å². The van der Waals surface area contributed by atoms with E-state index in [0.29, 0.717) is 0 Å². The van der Waals surface area contributed by atoms with Gasteiger partial charge in [-0.15, -0.1) is 0 Å². The third-order valence-electron chi connectivity index (χ3n) is 1.19. The summed E-state index contributed by atoms with van der Waals surface area (Å²) in [6, 6.07) is 0. The number of sulfonamides is 1. The van der Waals surface area contributed by atoms with Gasteiger partial charge in [0, 0.05) is 0 Å². The summed E-state index contributed by atoms with van der Waals surface area (Å²) in [5.41, 5.74) is -0.338. The Morgan fingerprint density at radius 2 is 1.85 bits per heavy atom. The van der Waals surface area contributed by atoms with Gasteiger partial charge in [0.15, 0.2) is 5.78 Å². The summed E-state index contributed by atoms with van der Waals surface area (Å²) in [7, 11) is -3.63. The summed E-state index contributed by atoms with van der Waals surface area (Å²) in [5, 5.41) is 0. The highest BCUT2D eigenvalue weighted by molar-refractivity contribution is 7.88. The number of nitrogens with zero attached hydrogens (tertiary/aromatic N) is 1. The lowest BCUT2D eigenvalue weighted by Gasteiger charge is -1.91. The molecule has 0 spiro atoms. The number of allylic oxidation sites excluding steroid dienone is 3. The average molecular weight is 200 g/mol. The second kappa shape index (κ2) is 3.23. The van der Waals surface area contributed by atoms with Gasteiger partial charge in [-0.25, -0.2) is 0 Å². The van der Waals surface area contributed by atoms with Crippen LogP contribution in [0.4, 0.5) is 0 Å². The van der Waals surface area contributed by atoms with Gasteiger partial charge >= 0.3 is 15.7 Å². The molecule has 1 rings (SSSR count).